The Balaban J connectivity index is 0.00000280. The number of nitrogens with one attached hydrogen (secondary N) is 1. The number of piperidine rings is 2. The monoisotopic (exact) mass is 429 g/mol. The van der Waals surface area contributed by atoms with Crippen molar-refractivity contribution in [2.75, 3.05) is 32.7 Å². The van der Waals surface area contributed by atoms with Crippen LogP contribution in [0.3, 0.4) is 0 Å². The van der Waals surface area contributed by atoms with Crippen LogP contribution in [0, 0.1) is 0 Å². The third kappa shape index (κ3) is 5.26. The summed E-state index contributed by atoms with van der Waals surface area (Å²) < 4.78 is 27.5. The number of benzene rings is 1. The molecule has 1 aromatic carbocycles. The van der Waals surface area contributed by atoms with Gasteiger partial charge in [0.05, 0.1) is 4.90 Å². The van der Waals surface area contributed by atoms with E-state index in [-0.39, 0.29) is 29.3 Å². The van der Waals surface area contributed by atoms with Crippen LogP contribution in [0.2, 0.25) is 0 Å². The number of halogens is 1. The van der Waals surface area contributed by atoms with Crippen molar-refractivity contribution in [3.05, 3.63) is 29.8 Å². The fourth-order valence-electron chi connectivity index (χ4n) is 4.02. The summed E-state index contributed by atoms with van der Waals surface area (Å²) in [5, 5.41) is 3.33. The first-order valence-electron chi connectivity index (χ1n) is 10.2. The molecule has 1 aromatic rings. The van der Waals surface area contributed by atoms with E-state index in [1.165, 1.54) is 0 Å². The third-order valence-corrected chi connectivity index (χ3v) is 7.40. The summed E-state index contributed by atoms with van der Waals surface area (Å²) in [6.07, 6.45) is 5.65. The van der Waals surface area contributed by atoms with Crippen molar-refractivity contribution in [2.45, 2.75) is 56.4 Å². The van der Waals surface area contributed by atoms with E-state index in [0.29, 0.717) is 25.2 Å². The van der Waals surface area contributed by atoms with Gasteiger partial charge in [0, 0.05) is 31.2 Å². The smallest absolute Gasteiger partial charge is 0.254 e. The van der Waals surface area contributed by atoms with Crippen LogP contribution in [0.4, 0.5) is 0 Å². The number of carbonyl (C=O) groups excluding carboxylic acids is 1. The zero-order valence-corrected chi connectivity index (χ0v) is 18.2. The molecule has 3 rings (SSSR count). The van der Waals surface area contributed by atoms with Crippen LogP contribution in [-0.4, -0.2) is 62.3 Å². The molecule has 6 nitrogen and oxygen atoms in total. The Labute approximate surface area is 175 Å². The SMILES string of the molecule is CCCN(C(=O)c1cccc(S(=O)(=O)N2CCCCC2)c1)C1CCNCC1.Cl. The summed E-state index contributed by atoms with van der Waals surface area (Å²) in [5.41, 5.74) is 0.472. The van der Waals surface area contributed by atoms with Crippen LogP contribution in [0.1, 0.15) is 55.8 Å². The summed E-state index contributed by atoms with van der Waals surface area (Å²) in [6.45, 7) is 5.74. The van der Waals surface area contributed by atoms with Gasteiger partial charge in [0.15, 0.2) is 0 Å². The maximum absolute atomic E-state index is 13.2. The zero-order chi connectivity index (χ0) is 19.3. The topological polar surface area (TPSA) is 69.7 Å². The first-order chi connectivity index (χ1) is 13.0. The van der Waals surface area contributed by atoms with E-state index in [9.17, 15) is 13.2 Å². The molecule has 0 bridgehead atoms. The van der Waals surface area contributed by atoms with Crippen molar-refractivity contribution in [1.82, 2.24) is 14.5 Å². The fraction of sp³-hybridized carbons (Fsp3) is 0.650. The van der Waals surface area contributed by atoms with E-state index >= 15 is 0 Å². The van der Waals surface area contributed by atoms with E-state index in [4.69, 9.17) is 0 Å². The molecule has 0 radical (unpaired) electrons. The highest BCUT2D eigenvalue weighted by atomic mass is 35.5. The molecule has 1 amide bonds. The lowest BCUT2D eigenvalue weighted by Gasteiger charge is -2.34. The first kappa shape index (κ1) is 23.1. The molecular weight excluding hydrogens is 398 g/mol. The first-order valence-corrected chi connectivity index (χ1v) is 11.6. The van der Waals surface area contributed by atoms with Gasteiger partial charge in [0.1, 0.15) is 0 Å². The van der Waals surface area contributed by atoms with Crippen LogP contribution in [0.5, 0.6) is 0 Å². The number of nitrogens with zero attached hydrogens (tertiary/aromatic N) is 2. The van der Waals surface area contributed by atoms with Gasteiger partial charge in [-0.2, -0.15) is 4.31 Å². The average Bonchev–Trinajstić information content (AvgIpc) is 2.73. The van der Waals surface area contributed by atoms with Crippen molar-refractivity contribution in [1.29, 1.82) is 0 Å². The van der Waals surface area contributed by atoms with Gasteiger partial charge in [-0.1, -0.05) is 19.4 Å². The van der Waals surface area contributed by atoms with Crippen molar-refractivity contribution in [3.63, 3.8) is 0 Å². The molecule has 2 aliphatic rings. The van der Waals surface area contributed by atoms with Gasteiger partial charge in [0.2, 0.25) is 10.0 Å². The molecule has 2 saturated heterocycles. The highest BCUT2D eigenvalue weighted by Gasteiger charge is 2.29. The lowest BCUT2D eigenvalue weighted by atomic mass is 10.0. The summed E-state index contributed by atoms with van der Waals surface area (Å²) in [4.78, 5) is 15.4. The zero-order valence-electron chi connectivity index (χ0n) is 16.6. The normalized spacial score (nSPS) is 19.0. The molecule has 0 spiro atoms. The minimum Gasteiger partial charge on any atom is -0.336 e. The second kappa shape index (κ2) is 10.6. The summed E-state index contributed by atoms with van der Waals surface area (Å²) >= 11 is 0. The third-order valence-electron chi connectivity index (χ3n) is 5.51. The molecular formula is C20H32ClN3O3S. The molecule has 2 aliphatic heterocycles. The van der Waals surface area contributed by atoms with Gasteiger partial charge in [-0.25, -0.2) is 8.42 Å². The van der Waals surface area contributed by atoms with Gasteiger partial charge in [-0.3, -0.25) is 4.79 Å². The molecule has 8 heteroatoms. The predicted octanol–water partition coefficient (Wildman–Crippen LogP) is 2.89. The molecule has 1 N–H and O–H groups in total. The molecule has 0 unspecified atom stereocenters. The maximum atomic E-state index is 13.2. The van der Waals surface area contributed by atoms with Crippen LogP contribution < -0.4 is 5.32 Å². The van der Waals surface area contributed by atoms with E-state index in [1.54, 1.807) is 28.6 Å². The van der Waals surface area contributed by atoms with E-state index in [0.717, 1.165) is 51.6 Å². The Bertz CT molecular complexity index is 745. The Hall–Kier alpha value is -1.15. The van der Waals surface area contributed by atoms with Gasteiger partial charge < -0.3 is 10.2 Å². The Kier molecular flexibility index (Phi) is 8.74. The molecule has 0 aliphatic carbocycles. The summed E-state index contributed by atoms with van der Waals surface area (Å²) in [6, 6.07) is 6.82. The number of sulfonamides is 1. The number of rotatable bonds is 6. The molecule has 2 fully saturated rings. The molecule has 0 atom stereocenters. The molecule has 158 valence electrons. The summed E-state index contributed by atoms with van der Waals surface area (Å²) in [7, 11) is -3.53. The van der Waals surface area contributed by atoms with Crippen molar-refractivity contribution >= 4 is 28.3 Å². The highest BCUT2D eigenvalue weighted by Crippen LogP contribution is 2.23. The second-order valence-corrected chi connectivity index (χ2v) is 9.41. The number of hydrogen-bond acceptors (Lipinski definition) is 4. The lowest BCUT2D eigenvalue weighted by molar-refractivity contribution is 0.0642. The van der Waals surface area contributed by atoms with Crippen LogP contribution in [0.15, 0.2) is 29.2 Å². The number of carbonyl (C=O) groups is 1. The van der Waals surface area contributed by atoms with E-state index < -0.39 is 10.0 Å². The highest BCUT2D eigenvalue weighted by molar-refractivity contribution is 7.89. The minimum absolute atomic E-state index is 0. The largest absolute Gasteiger partial charge is 0.336 e. The van der Waals surface area contributed by atoms with Gasteiger partial charge in [-0.15, -0.1) is 12.4 Å². The van der Waals surface area contributed by atoms with E-state index in [1.807, 2.05) is 4.90 Å². The average molecular weight is 430 g/mol. The second-order valence-electron chi connectivity index (χ2n) is 7.47. The van der Waals surface area contributed by atoms with Crippen LogP contribution in [-0.2, 0) is 10.0 Å². The number of hydrogen-bond donors (Lipinski definition) is 1. The van der Waals surface area contributed by atoms with Crippen molar-refractivity contribution in [2.24, 2.45) is 0 Å². The summed E-state index contributed by atoms with van der Waals surface area (Å²) in [5.74, 6) is -0.0561. The van der Waals surface area contributed by atoms with Crippen molar-refractivity contribution < 1.29 is 13.2 Å². The lowest BCUT2D eigenvalue weighted by Crippen LogP contribution is -2.46. The standard InChI is InChI=1S/C20H31N3O3S.ClH/c1-2-13-23(18-9-11-21-12-10-18)20(24)17-7-6-8-19(16-17)27(25,26)22-14-4-3-5-15-22;/h6-8,16,18,21H,2-5,9-15H2,1H3;1H. The molecule has 28 heavy (non-hydrogen) atoms. The van der Waals surface area contributed by atoms with Crippen molar-refractivity contribution in [3.8, 4) is 0 Å². The van der Waals surface area contributed by atoms with Crippen LogP contribution in [0.25, 0.3) is 0 Å². The predicted molar refractivity (Wildman–Crippen MR) is 114 cm³/mol. The maximum Gasteiger partial charge on any atom is 0.254 e. The number of amides is 1. The van der Waals surface area contributed by atoms with E-state index in [2.05, 4.69) is 12.2 Å². The van der Waals surface area contributed by atoms with Gasteiger partial charge >= 0.3 is 0 Å². The molecule has 0 saturated carbocycles. The van der Waals surface area contributed by atoms with Gasteiger partial charge in [0.25, 0.3) is 5.91 Å². The van der Waals surface area contributed by atoms with Gasteiger partial charge in [-0.05, 0) is 63.4 Å². The fourth-order valence-corrected chi connectivity index (χ4v) is 5.58. The molecule has 0 aromatic heterocycles. The minimum atomic E-state index is -3.53. The molecule has 2 heterocycles. The van der Waals surface area contributed by atoms with Crippen LogP contribution >= 0.6 is 12.4 Å². The Morgan fingerprint density at radius 2 is 1.86 bits per heavy atom. The Morgan fingerprint density at radius 1 is 1.18 bits per heavy atom. The Morgan fingerprint density at radius 3 is 2.50 bits per heavy atom. The quantitative estimate of drug-likeness (QED) is 0.754.